The van der Waals surface area contributed by atoms with E-state index in [9.17, 15) is 0 Å². The van der Waals surface area contributed by atoms with E-state index in [1.165, 1.54) is 43.6 Å². The Morgan fingerprint density at radius 1 is 0.600 bits per heavy atom. The number of halogens is 1. The fourth-order valence-corrected chi connectivity index (χ4v) is 6.11. The molecular weight excluding hydrogens is 516 g/mol. The van der Waals surface area contributed by atoms with E-state index < -0.39 is 0 Å². The van der Waals surface area contributed by atoms with Gasteiger partial charge in [0.2, 0.25) is 0 Å². The molecule has 4 aromatic heterocycles. The topological polar surface area (TPSA) is 59.7 Å². The normalized spacial score (nSPS) is 11.9. The average Bonchev–Trinajstić information content (AvgIpc) is 3.47. The van der Waals surface area contributed by atoms with Crippen LogP contribution in [0, 0.1) is 0 Å². The molecule has 7 heteroatoms. The van der Waals surface area contributed by atoms with Gasteiger partial charge >= 0.3 is 0 Å². The maximum atomic E-state index is 4.78. The molecule has 0 aliphatic rings. The van der Waals surface area contributed by atoms with Gasteiger partial charge in [-0.15, -0.1) is 12.4 Å². The SMILES string of the molecule is CC(C)n1c2ccccc2c2ccnc(CNCCCNCc3nccc4c5ccccc5n(C(C)C)c34)c21.Cl. The van der Waals surface area contributed by atoms with Gasteiger partial charge < -0.3 is 19.8 Å². The lowest BCUT2D eigenvalue weighted by Gasteiger charge is -2.15. The summed E-state index contributed by atoms with van der Waals surface area (Å²) < 4.78 is 4.86. The zero-order valence-corrected chi connectivity index (χ0v) is 24.6. The molecule has 0 fully saturated rings. The van der Waals surface area contributed by atoms with Gasteiger partial charge in [-0.2, -0.15) is 0 Å². The molecule has 2 aromatic carbocycles. The number of rotatable bonds is 10. The number of hydrogen-bond donors (Lipinski definition) is 2. The first-order valence-electron chi connectivity index (χ1n) is 14.2. The Hall–Kier alpha value is -3.45. The maximum absolute atomic E-state index is 4.78. The van der Waals surface area contributed by atoms with Gasteiger partial charge in [0.25, 0.3) is 0 Å². The van der Waals surface area contributed by atoms with Crippen LogP contribution in [0.4, 0.5) is 0 Å². The lowest BCUT2D eigenvalue weighted by Crippen LogP contribution is -2.23. The smallest absolute Gasteiger partial charge is 0.0784 e. The molecule has 0 amide bonds. The van der Waals surface area contributed by atoms with Crippen LogP contribution in [-0.2, 0) is 13.1 Å². The van der Waals surface area contributed by atoms with Crippen LogP contribution < -0.4 is 10.6 Å². The van der Waals surface area contributed by atoms with Crippen LogP contribution in [0.3, 0.4) is 0 Å². The number of pyridine rings is 2. The molecular formula is C33H39ClN6. The van der Waals surface area contributed by atoms with Crippen LogP contribution in [0.5, 0.6) is 0 Å². The highest BCUT2D eigenvalue weighted by molar-refractivity contribution is 6.09. The second kappa shape index (κ2) is 12.0. The number of nitrogens with one attached hydrogen (secondary N) is 2. The van der Waals surface area contributed by atoms with E-state index in [1.54, 1.807) is 0 Å². The summed E-state index contributed by atoms with van der Waals surface area (Å²) in [4.78, 5) is 9.56. The summed E-state index contributed by atoms with van der Waals surface area (Å²) in [5.41, 5.74) is 7.28. The first kappa shape index (κ1) is 28.1. The molecule has 40 heavy (non-hydrogen) atoms. The fraction of sp³-hybridized carbons (Fsp3) is 0.333. The van der Waals surface area contributed by atoms with Crippen molar-refractivity contribution in [3.8, 4) is 0 Å². The van der Waals surface area contributed by atoms with E-state index in [0.717, 1.165) is 44.0 Å². The molecule has 0 atom stereocenters. The molecule has 0 aliphatic heterocycles. The minimum Gasteiger partial charge on any atom is -0.336 e. The fourth-order valence-electron chi connectivity index (χ4n) is 6.11. The first-order valence-corrected chi connectivity index (χ1v) is 14.2. The zero-order valence-electron chi connectivity index (χ0n) is 23.8. The van der Waals surface area contributed by atoms with Gasteiger partial charge in [-0.05, 0) is 71.5 Å². The zero-order chi connectivity index (χ0) is 26.9. The Morgan fingerprint density at radius 3 is 1.45 bits per heavy atom. The molecule has 6 aromatic rings. The van der Waals surface area contributed by atoms with Crippen LogP contribution in [0.2, 0.25) is 0 Å². The molecule has 0 bridgehead atoms. The predicted molar refractivity (Wildman–Crippen MR) is 171 cm³/mol. The van der Waals surface area contributed by atoms with E-state index in [-0.39, 0.29) is 12.4 Å². The van der Waals surface area contributed by atoms with Gasteiger partial charge in [0.1, 0.15) is 0 Å². The van der Waals surface area contributed by atoms with Crippen LogP contribution >= 0.6 is 12.4 Å². The summed E-state index contributed by atoms with van der Waals surface area (Å²) >= 11 is 0. The van der Waals surface area contributed by atoms with Crippen molar-refractivity contribution in [1.29, 1.82) is 0 Å². The van der Waals surface area contributed by atoms with Gasteiger partial charge in [0, 0.05) is 70.1 Å². The molecule has 6 nitrogen and oxygen atoms in total. The molecule has 0 aliphatic carbocycles. The standard InChI is InChI=1S/C33H38N6.ClH/c1-22(2)38-30-12-7-5-10-24(30)26-14-18-36-28(32(26)38)20-34-16-9-17-35-21-29-33-27(15-19-37-29)25-11-6-8-13-31(25)39(33)23(3)4;/h5-8,10-15,18-19,22-23,34-35H,9,16-17,20-21H2,1-4H3;1H. The van der Waals surface area contributed by atoms with Gasteiger partial charge in [-0.3, -0.25) is 9.97 Å². The predicted octanol–water partition coefficient (Wildman–Crippen LogP) is 7.55. The number of benzene rings is 2. The Balaban J connectivity index is 0.00000323. The van der Waals surface area contributed by atoms with E-state index in [0.29, 0.717) is 12.1 Å². The average molecular weight is 555 g/mol. The number of nitrogens with zero attached hydrogens (tertiary/aromatic N) is 4. The van der Waals surface area contributed by atoms with Crippen molar-refractivity contribution in [2.24, 2.45) is 0 Å². The number of aromatic nitrogens is 4. The van der Waals surface area contributed by atoms with Gasteiger partial charge in [0.15, 0.2) is 0 Å². The Labute approximate surface area is 242 Å². The molecule has 2 N–H and O–H groups in total. The van der Waals surface area contributed by atoms with Gasteiger partial charge in [-0.1, -0.05) is 36.4 Å². The Kier molecular flexibility index (Phi) is 8.40. The number of fused-ring (bicyclic) bond motifs is 6. The highest BCUT2D eigenvalue weighted by Gasteiger charge is 2.17. The van der Waals surface area contributed by atoms with Crippen molar-refractivity contribution >= 4 is 56.0 Å². The third-order valence-corrected chi connectivity index (χ3v) is 7.71. The molecule has 0 radical (unpaired) electrons. The van der Waals surface area contributed by atoms with E-state index in [1.807, 2.05) is 12.4 Å². The summed E-state index contributed by atoms with van der Waals surface area (Å²) in [5.74, 6) is 0. The summed E-state index contributed by atoms with van der Waals surface area (Å²) in [6, 6.07) is 22.4. The molecule has 0 saturated heterocycles. The quantitative estimate of drug-likeness (QED) is 0.172. The summed E-state index contributed by atoms with van der Waals surface area (Å²) in [6.07, 6.45) is 4.93. The molecule has 208 valence electrons. The summed E-state index contributed by atoms with van der Waals surface area (Å²) in [7, 11) is 0. The van der Waals surface area contributed by atoms with E-state index in [4.69, 9.17) is 9.97 Å². The monoisotopic (exact) mass is 554 g/mol. The highest BCUT2D eigenvalue weighted by atomic mass is 35.5. The van der Waals surface area contributed by atoms with Crippen molar-refractivity contribution < 1.29 is 0 Å². The summed E-state index contributed by atoms with van der Waals surface area (Å²) in [5, 5.41) is 12.4. The molecule has 0 saturated carbocycles. The van der Waals surface area contributed by atoms with Crippen molar-refractivity contribution in [3.05, 3.63) is 84.4 Å². The summed E-state index contributed by atoms with van der Waals surface area (Å²) in [6.45, 7) is 12.4. The minimum absolute atomic E-state index is 0. The second-order valence-corrected chi connectivity index (χ2v) is 11.0. The molecule has 6 rings (SSSR count). The third-order valence-electron chi connectivity index (χ3n) is 7.71. The van der Waals surface area contributed by atoms with Crippen molar-refractivity contribution in [3.63, 3.8) is 0 Å². The molecule has 0 unspecified atom stereocenters. The maximum Gasteiger partial charge on any atom is 0.0784 e. The number of hydrogen-bond acceptors (Lipinski definition) is 4. The Bertz CT molecular complexity index is 1630. The van der Waals surface area contributed by atoms with E-state index in [2.05, 4.69) is 108 Å². The first-order chi connectivity index (χ1) is 19.1. The van der Waals surface area contributed by atoms with Crippen LogP contribution in [0.1, 0.15) is 57.6 Å². The van der Waals surface area contributed by atoms with E-state index >= 15 is 0 Å². The third kappa shape index (κ3) is 4.96. The minimum atomic E-state index is 0. The Morgan fingerprint density at radius 2 is 1.02 bits per heavy atom. The van der Waals surface area contributed by atoms with Crippen LogP contribution in [0.25, 0.3) is 43.6 Å². The van der Waals surface area contributed by atoms with Gasteiger partial charge in [0.05, 0.1) is 22.4 Å². The van der Waals surface area contributed by atoms with Crippen molar-refractivity contribution in [2.45, 2.75) is 59.3 Å². The molecule has 0 spiro atoms. The second-order valence-electron chi connectivity index (χ2n) is 11.0. The lowest BCUT2D eigenvalue weighted by atomic mass is 10.1. The van der Waals surface area contributed by atoms with Gasteiger partial charge in [-0.25, -0.2) is 0 Å². The molecule has 4 heterocycles. The lowest BCUT2D eigenvalue weighted by molar-refractivity contribution is 0.584. The largest absolute Gasteiger partial charge is 0.336 e. The van der Waals surface area contributed by atoms with Crippen molar-refractivity contribution in [1.82, 2.24) is 29.7 Å². The van der Waals surface area contributed by atoms with Crippen molar-refractivity contribution in [2.75, 3.05) is 13.1 Å². The highest BCUT2D eigenvalue weighted by Crippen LogP contribution is 2.34. The van der Waals surface area contributed by atoms with Crippen LogP contribution in [-0.4, -0.2) is 32.2 Å². The van der Waals surface area contributed by atoms with Crippen LogP contribution in [0.15, 0.2) is 73.1 Å². The number of para-hydroxylation sites is 2.